The third-order valence-corrected chi connectivity index (χ3v) is 3.17. The minimum atomic E-state index is -0.508. The van der Waals surface area contributed by atoms with Crippen LogP contribution in [-0.2, 0) is 11.3 Å². The molecule has 3 nitrogen and oxygen atoms in total. The van der Waals surface area contributed by atoms with E-state index in [1.165, 1.54) is 11.1 Å². The summed E-state index contributed by atoms with van der Waals surface area (Å²) < 4.78 is 0. The fourth-order valence-corrected chi connectivity index (χ4v) is 2.11. The normalized spacial score (nSPS) is 11.4. The number of hydrogen-bond acceptors (Lipinski definition) is 2. The van der Waals surface area contributed by atoms with Gasteiger partial charge in [0.25, 0.3) is 0 Å². The molecule has 1 aromatic carbocycles. The smallest absolute Gasteiger partial charge is 0.242 e. The van der Waals surface area contributed by atoms with Crippen molar-refractivity contribution < 1.29 is 4.79 Å². The lowest BCUT2D eigenvalue weighted by molar-refractivity contribution is -0.136. The average Bonchev–Trinajstić information content (AvgIpc) is 2.31. The van der Waals surface area contributed by atoms with Gasteiger partial charge in [0, 0.05) is 13.6 Å². The van der Waals surface area contributed by atoms with E-state index < -0.39 is 5.54 Å². The van der Waals surface area contributed by atoms with Crippen molar-refractivity contribution >= 4 is 5.91 Å². The van der Waals surface area contributed by atoms with Crippen molar-refractivity contribution in [2.45, 2.75) is 39.8 Å². The van der Waals surface area contributed by atoms with Crippen molar-refractivity contribution in [1.29, 1.82) is 0 Å². The summed E-state index contributed by atoms with van der Waals surface area (Å²) in [4.78, 5) is 14.1. The van der Waals surface area contributed by atoms with Crippen LogP contribution in [0.1, 0.15) is 31.9 Å². The second kappa shape index (κ2) is 6.01. The molecule has 1 rings (SSSR count). The zero-order valence-electron chi connectivity index (χ0n) is 12.1. The molecule has 0 aliphatic carbocycles. The second-order valence-corrected chi connectivity index (χ2v) is 5.24. The van der Waals surface area contributed by atoms with Gasteiger partial charge >= 0.3 is 0 Å². The molecule has 0 heterocycles. The van der Waals surface area contributed by atoms with Crippen LogP contribution in [0.4, 0.5) is 0 Å². The Balaban J connectivity index is 2.74. The van der Waals surface area contributed by atoms with Crippen molar-refractivity contribution in [1.82, 2.24) is 10.2 Å². The zero-order chi connectivity index (χ0) is 13.8. The summed E-state index contributed by atoms with van der Waals surface area (Å²) in [5, 5.41) is 3.21. The maximum absolute atomic E-state index is 12.3. The Morgan fingerprint density at radius 3 is 2.50 bits per heavy atom. The SMILES string of the molecule is CCNC(C)(C)C(=O)N(C)Cc1ccccc1C. The predicted molar refractivity (Wildman–Crippen MR) is 75.4 cm³/mol. The number of hydrogen-bond donors (Lipinski definition) is 1. The van der Waals surface area contributed by atoms with E-state index in [1.54, 1.807) is 4.90 Å². The van der Waals surface area contributed by atoms with E-state index in [4.69, 9.17) is 0 Å². The number of carbonyl (C=O) groups excluding carboxylic acids is 1. The lowest BCUT2D eigenvalue weighted by atomic mass is 10.0. The van der Waals surface area contributed by atoms with Crippen molar-refractivity contribution in [3.8, 4) is 0 Å². The number of carbonyl (C=O) groups is 1. The van der Waals surface area contributed by atoms with Crippen LogP contribution in [0.3, 0.4) is 0 Å². The number of nitrogens with one attached hydrogen (secondary N) is 1. The van der Waals surface area contributed by atoms with E-state index in [0.29, 0.717) is 6.54 Å². The molecule has 100 valence electrons. The molecule has 0 fully saturated rings. The van der Waals surface area contributed by atoms with E-state index in [9.17, 15) is 4.79 Å². The summed E-state index contributed by atoms with van der Waals surface area (Å²) in [5.41, 5.74) is 1.91. The molecule has 0 aromatic heterocycles. The number of likely N-dealkylation sites (N-methyl/N-ethyl adjacent to an activating group) is 2. The molecular formula is C15H24N2O. The summed E-state index contributed by atoms with van der Waals surface area (Å²) in [6.07, 6.45) is 0. The first-order valence-corrected chi connectivity index (χ1v) is 6.43. The fraction of sp³-hybridized carbons (Fsp3) is 0.533. The van der Waals surface area contributed by atoms with Gasteiger partial charge in [-0.1, -0.05) is 31.2 Å². The van der Waals surface area contributed by atoms with Crippen LogP contribution in [0.25, 0.3) is 0 Å². The van der Waals surface area contributed by atoms with Gasteiger partial charge < -0.3 is 10.2 Å². The number of amides is 1. The van der Waals surface area contributed by atoms with Crippen LogP contribution in [0.5, 0.6) is 0 Å². The Labute approximate surface area is 110 Å². The van der Waals surface area contributed by atoms with Crippen molar-refractivity contribution in [2.75, 3.05) is 13.6 Å². The second-order valence-electron chi connectivity index (χ2n) is 5.24. The van der Waals surface area contributed by atoms with Gasteiger partial charge in [-0.05, 0) is 38.4 Å². The molecule has 0 bridgehead atoms. The van der Waals surface area contributed by atoms with Crippen LogP contribution >= 0.6 is 0 Å². The first-order chi connectivity index (χ1) is 8.38. The quantitative estimate of drug-likeness (QED) is 0.867. The van der Waals surface area contributed by atoms with E-state index >= 15 is 0 Å². The third-order valence-electron chi connectivity index (χ3n) is 3.17. The van der Waals surface area contributed by atoms with Gasteiger partial charge in [0.15, 0.2) is 0 Å². The monoisotopic (exact) mass is 248 g/mol. The van der Waals surface area contributed by atoms with E-state index in [1.807, 2.05) is 40.0 Å². The Bertz CT molecular complexity index is 413. The zero-order valence-corrected chi connectivity index (χ0v) is 12.1. The molecule has 0 atom stereocenters. The van der Waals surface area contributed by atoms with Gasteiger partial charge in [0.2, 0.25) is 5.91 Å². The standard InChI is InChI=1S/C15H24N2O/c1-6-16-15(3,4)14(18)17(5)11-13-10-8-7-9-12(13)2/h7-10,16H,6,11H2,1-5H3. The van der Waals surface area contributed by atoms with E-state index in [0.717, 1.165) is 6.54 Å². The highest BCUT2D eigenvalue weighted by atomic mass is 16.2. The lowest BCUT2D eigenvalue weighted by Crippen LogP contribution is -2.52. The number of aryl methyl sites for hydroxylation is 1. The molecule has 0 aliphatic heterocycles. The summed E-state index contributed by atoms with van der Waals surface area (Å²) in [6, 6.07) is 8.17. The van der Waals surface area contributed by atoms with Crippen molar-refractivity contribution in [2.24, 2.45) is 0 Å². The van der Waals surface area contributed by atoms with Crippen LogP contribution < -0.4 is 5.32 Å². The van der Waals surface area contributed by atoms with Crippen molar-refractivity contribution in [3.63, 3.8) is 0 Å². The summed E-state index contributed by atoms with van der Waals surface area (Å²) >= 11 is 0. The molecule has 1 amide bonds. The first-order valence-electron chi connectivity index (χ1n) is 6.43. The minimum Gasteiger partial charge on any atom is -0.340 e. The molecule has 0 spiro atoms. The molecule has 1 N–H and O–H groups in total. The molecule has 0 unspecified atom stereocenters. The number of nitrogens with zero attached hydrogens (tertiary/aromatic N) is 1. The maximum atomic E-state index is 12.3. The molecule has 0 saturated heterocycles. The van der Waals surface area contributed by atoms with Gasteiger partial charge in [-0.3, -0.25) is 4.79 Å². The molecule has 0 aliphatic rings. The highest BCUT2D eigenvalue weighted by molar-refractivity contribution is 5.85. The van der Waals surface area contributed by atoms with Crippen LogP contribution in [-0.4, -0.2) is 29.9 Å². The molecule has 0 radical (unpaired) electrons. The van der Waals surface area contributed by atoms with Gasteiger partial charge in [-0.2, -0.15) is 0 Å². The van der Waals surface area contributed by atoms with Gasteiger partial charge in [-0.15, -0.1) is 0 Å². The van der Waals surface area contributed by atoms with Crippen LogP contribution in [0.15, 0.2) is 24.3 Å². The highest BCUT2D eigenvalue weighted by Crippen LogP contribution is 2.13. The van der Waals surface area contributed by atoms with Gasteiger partial charge in [-0.25, -0.2) is 0 Å². The summed E-state index contributed by atoms with van der Waals surface area (Å²) in [5.74, 6) is 0.118. The Morgan fingerprint density at radius 1 is 1.33 bits per heavy atom. The van der Waals surface area contributed by atoms with Gasteiger partial charge in [0.05, 0.1) is 5.54 Å². The third kappa shape index (κ3) is 3.57. The number of rotatable bonds is 5. The lowest BCUT2D eigenvalue weighted by Gasteiger charge is -2.30. The predicted octanol–water partition coefficient (Wildman–Crippen LogP) is 2.34. The summed E-state index contributed by atoms with van der Waals surface area (Å²) in [6.45, 7) is 9.37. The average molecular weight is 248 g/mol. The van der Waals surface area contributed by atoms with E-state index in [-0.39, 0.29) is 5.91 Å². The van der Waals surface area contributed by atoms with Crippen molar-refractivity contribution in [3.05, 3.63) is 35.4 Å². The molecule has 0 saturated carbocycles. The van der Waals surface area contributed by atoms with Gasteiger partial charge in [0.1, 0.15) is 0 Å². The Kier molecular flexibility index (Phi) is 4.91. The molecule has 3 heteroatoms. The van der Waals surface area contributed by atoms with E-state index in [2.05, 4.69) is 24.4 Å². The number of benzene rings is 1. The first kappa shape index (κ1) is 14.7. The fourth-order valence-electron chi connectivity index (χ4n) is 2.11. The molecule has 1 aromatic rings. The van der Waals surface area contributed by atoms with Crippen LogP contribution in [0, 0.1) is 6.92 Å². The Morgan fingerprint density at radius 2 is 1.94 bits per heavy atom. The Hall–Kier alpha value is -1.35. The largest absolute Gasteiger partial charge is 0.340 e. The molecule has 18 heavy (non-hydrogen) atoms. The minimum absolute atomic E-state index is 0.118. The highest BCUT2D eigenvalue weighted by Gasteiger charge is 2.29. The van der Waals surface area contributed by atoms with Crippen LogP contribution in [0.2, 0.25) is 0 Å². The molecular weight excluding hydrogens is 224 g/mol. The summed E-state index contributed by atoms with van der Waals surface area (Å²) in [7, 11) is 1.86. The maximum Gasteiger partial charge on any atom is 0.242 e. The topological polar surface area (TPSA) is 32.3 Å².